The lowest BCUT2D eigenvalue weighted by molar-refractivity contribution is -0.0181. The molecule has 0 radical (unpaired) electrons. The summed E-state index contributed by atoms with van der Waals surface area (Å²) in [7, 11) is 1.85. The number of hydrogen-bond donors (Lipinski definition) is 2. The molecule has 7 nitrogen and oxygen atoms in total. The first-order chi connectivity index (χ1) is 10.2. The molecule has 7 heteroatoms. The van der Waals surface area contributed by atoms with Crippen LogP contribution in [0.1, 0.15) is 38.4 Å². The van der Waals surface area contributed by atoms with Crippen molar-refractivity contribution < 1.29 is 4.74 Å². The van der Waals surface area contributed by atoms with Crippen molar-refractivity contribution in [1.82, 2.24) is 19.7 Å². The maximum absolute atomic E-state index is 6.02. The van der Waals surface area contributed by atoms with Crippen molar-refractivity contribution in [2.75, 3.05) is 5.43 Å². The Bertz CT molecular complexity index is 625. The summed E-state index contributed by atoms with van der Waals surface area (Å²) in [4.78, 5) is 8.94. The minimum absolute atomic E-state index is 0.305. The first-order valence-electron chi connectivity index (χ1n) is 7.46. The van der Waals surface area contributed by atoms with E-state index in [-0.39, 0.29) is 0 Å². The fraction of sp³-hybridized carbons (Fsp3) is 0.643. The van der Waals surface area contributed by atoms with E-state index < -0.39 is 0 Å². The lowest BCUT2D eigenvalue weighted by atomic mass is 9.88. The van der Waals surface area contributed by atoms with E-state index in [0.717, 1.165) is 17.5 Å². The molecule has 1 fully saturated rings. The molecule has 21 heavy (non-hydrogen) atoms. The molecule has 0 saturated heterocycles. The molecule has 114 valence electrons. The van der Waals surface area contributed by atoms with Crippen molar-refractivity contribution in [1.29, 1.82) is 0 Å². The molecule has 2 heterocycles. The van der Waals surface area contributed by atoms with Crippen LogP contribution in [0.15, 0.2) is 6.20 Å². The molecule has 0 bridgehead atoms. The summed E-state index contributed by atoms with van der Waals surface area (Å²) in [6.45, 7) is 2.66. The number of hydrazine groups is 1. The summed E-state index contributed by atoms with van der Waals surface area (Å²) in [6, 6.07) is 0. The first-order valence-corrected chi connectivity index (χ1v) is 7.46. The highest BCUT2D eigenvalue weighted by molar-refractivity contribution is 5.86. The highest BCUT2D eigenvalue weighted by atomic mass is 16.5. The molecule has 2 atom stereocenters. The van der Waals surface area contributed by atoms with E-state index >= 15 is 0 Å². The van der Waals surface area contributed by atoms with Gasteiger partial charge in [0.15, 0.2) is 17.3 Å². The van der Waals surface area contributed by atoms with Crippen molar-refractivity contribution in [2.24, 2.45) is 18.8 Å². The van der Waals surface area contributed by atoms with Crippen LogP contribution in [0.2, 0.25) is 0 Å². The van der Waals surface area contributed by atoms with Crippen LogP contribution in [0.5, 0.6) is 0 Å². The summed E-state index contributed by atoms with van der Waals surface area (Å²) >= 11 is 0. The number of nitrogen functional groups attached to an aromatic ring is 1. The molecule has 1 aliphatic rings. The second kappa shape index (κ2) is 5.95. The number of rotatable bonds is 4. The number of fused-ring (bicyclic) bond motifs is 1. The molecule has 2 aromatic heterocycles. The van der Waals surface area contributed by atoms with Crippen LogP contribution in [0.3, 0.4) is 0 Å². The van der Waals surface area contributed by atoms with Crippen LogP contribution in [0, 0.1) is 5.92 Å². The van der Waals surface area contributed by atoms with Crippen LogP contribution >= 0.6 is 0 Å². The lowest BCUT2D eigenvalue weighted by Gasteiger charge is -2.28. The monoisotopic (exact) mass is 290 g/mol. The SMILES string of the molecule is CC1CCCCC1OCc1nc(NN)c2cnn(C)c2n1. The molecule has 1 aliphatic carbocycles. The van der Waals surface area contributed by atoms with Crippen LogP contribution in [0.4, 0.5) is 5.82 Å². The third-order valence-corrected chi connectivity index (χ3v) is 4.23. The zero-order chi connectivity index (χ0) is 14.8. The average molecular weight is 290 g/mol. The summed E-state index contributed by atoms with van der Waals surface area (Å²) in [5, 5.41) is 5.00. The van der Waals surface area contributed by atoms with Gasteiger partial charge in [0.05, 0.1) is 17.7 Å². The van der Waals surface area contributed by atoms with Gasteiger partial charge in [0.1, 0.15) is 6.61 Å². The Labute approximate surface area is 123 Å². The van der Waals surface area contributed by atoms with E-state index in [1.165, 1.54) is 19.3 Å². The fourth-order valence-corrected chi connectivity index (χ4v) is 2.95. The zero-order valence-electron chi connectivity index (χ0n) is 12.5. The third-order valence-electron chi connectivity index (χ3n) is 4.23. The molecule has 3 rings (SSSR count). The second-order valence-electron chi connectivity index (χ2n) is 5.75. The van der Waals surface area contributed by atoms with Gasteiger partial charge in [-0.05, 0) is 18.8 Å². The number of nitrogens with two attached hydrogens (primary N) is 1. The van der Waals surface area contributed by atoms with Gasteiger partial charge in [0.25, 0.3) is 0 Å². The number of nitrogens with zero attached hydrogens (tertiary/aromatic N) is 4. The van der Waals surface area contributed by atoms with Gasteiger partial charge in [-0.25, -0.2) is 15.8 Å². The maximum atomic E-state index is 6.02. The maximum Gasteiger partial charge on any atom is 0.163 e. The molecular formula is C14H22N6O. The van der Waals surface area contributed by atoms with Crippen LogP contribution in [-0.2, 0) is 18.4 Å². The van der Waals surface area contributed by atoms with Gasteiger partial charge in [0, 0.05) is 7.05 Å². The summed E-state index contributed by atoms with van der Waals surface area (Å²) in [6.07, 6.45) is 6.92. The van der Waals surface area contributed by atoms with Gasteiger partial charge in [-0.15, -0.1) is 0 Å². The lowest BCUT2D eigenvalue weighted by Crippen LogP contribution is -2.25. The van der Waals surface area contributed by atoms with E-state index in [1.807, 2.05) is 7.05 Å². The molecule has 2 aromatic rings. The second-order valence-corrected chi connectivity index (χ2v) is 5.75. The standard InChI is InChI=1S/C14H22N6O/c1-9-5-3-4-6-11(9)21-8-12-17-13(19-15)10-7-16-20(2)14(10)18-12/h7,9,11H,3-6,8,15H2,1-2H3,(H,17,18,19). The number of ether oxygens (including phenoxy) is 1. The molecule has 0 aliphatic heterocycles. The molecule has 0 amide bonds. The van der Waals surface area contributed by atoms with E-state index in [9.17, 15) is 0 Å². The molecule has 3 N–H and O–H groups in total. The number of hydrogen-bond acceptors (Lipinski definition) is 6. The van der Waals surface area contributed by atoms with Gasteiger partial charge in [0.2, 0.25) is 0 Å². The quantitative estimate of drug-likeness (QED) is 0.658. The Hall–Kier alpha value is -1.73. The number of nitrogens with one attached hydrogen (secondary N) is 1. The normalized spacial score (nSPS) is 22.6. The van der Waals surface area contributed by atoms with Crippen molar-refractivity contribution in [3.05, 3.63) is 12.0 Å². The van der Waals surface area contributed by atoms with E-state index in [0.29, 0.717) is 30.3 Å². The van der Waals surface area contributed by atoms with Crippen molar-refractivity contribution in [3.63, 3.8) is 0 Å². The first kappa shape index (κ1) is 14.2. The van der Waals surface area contributed by atoms with Crippen molar-refractivity contribution in [2.45, 2.75) is 45.3 Å². The van der Waals surface area contributed by atoms with Crippen LogP contribution in [-0.4, -0.2) is 25.9 Å². The van der Waals surface area contributed by atoms with Gasteiger partial charge in [-0.2, -0.15) is 5.10 Å². The highest BCUT2D eigenvalue weighted by Crippen LogP contribution is 2.27. The topological polar surface area (TPSA) is 90.9 Å². The highest BCUT2D eigenvalue weighted by Gasteiger charge is 2.22. The van der Waals surface area contributed by atoms with Crippen molar-refractivity contribution >= 4 is 16.9 Å². The number of aryl methyl sites for hydroxylation is 1. The third kappa shape index (κ3) is 2.84. The molecule has 0 spiro atoms. The average Bonchev–Trinajstić information content (AvgIpc) is 2.87. The fourth-order valence-electron chi connectivity index (χ4n) is 2.95. The van der Waals surface area contributed by atoms with Gasteiger partial charge < -0.3 is 10.2 Å². The molecule has 2 unspecified atom stereocenters. The zero-order valence-corrected chi connectivity index (χ0v) is 12.5. The summed E-state index contributed by atoms with van der Waals surface area (Å²) < 4.78 is 7.74. The Morgan fingerprint density at radius 1 is 1.38 bits per heavy atom. The summed E-state index contributed by atoms with van der Waals surface area (Å²) in [5.41, 5.74) is 3.37. The molecule has 1 saturated carbocycles. The Kier molecular flexibility index (Phi) is 4.03. The van der Waals surface area contributed by atoms with Gasteiger partial charge >= 0.3 is 0 Å². The summed E-state index contributed by atoms with van der Waals surface area (Å²) in [5.74, 6) is 7.36. The van der Waals surface area contributed by atoms with E-state index in [2.05, 4.69) is 27.4 Å². The Morgan fingerprint density at radius 2 is 2.19 bits per heavy atom. The minimum Gasteiger partial charge on any atom is -0.370 e. The minimum atomic E-state index is 0.305. The van der Waals surface area contributed by atoms with Crippen LogP contribution < -0.4 is 11.3 Å². The number of anilines is 1. The van der Waals surface area contributed by atoms with Gasteiger partial charge in [-0.1, -0.05) is 19.8 Å². The van der Waals surface area contributed by atoms with Crippen LogP contribution in [0.25, 0.3) is 11.0 Å². The smallest absolute Gasteiger partial charge is 0.163 e. The van der Waals surface area contributed by atoms with E-state index in [4.69, 9.17) is 10.6 Å². The Balaban J connectivity index is 1.78. The molecule has 0 aromatic carbocycles. The predicted molar refractivity (Wildman–Crippen MR) is 80.3 cm³/mol. The van der Waals surface area contributed by atoms with Gasteiger partial charge in [-0.3, -0.25) is 4.68 Å². The van der Waals surface area contributed by atoms with E-state index in [1.54, 1.807) is 10.9 Å². The molecular weight excluding hydrogens is 268 g/mol. The largest absolute Gasteiger partial charge is 0.370 e. The van der Waals surface area contributed by atoms with Crippen molar-refractivity contribution in [3.8, 4) is 0 Å². The predicted octanol–water partition coefficient (Wildman–Crippen LogP) is 1.74. The number of aromatic nitrogens is 4. The Morgan fingerprint density at radius 3 is 2.95 bits per heavy atom.